The molecule has 2 unspecified atom stereocenters. The maximum atomic E-state index is 13.9. The SMILES string of the molecule is COc1ccc(C(=O)NC23CC4CC(CC(CC(=O)OC(C)(C)C)(C4)C2)C3)c2nc(-c3cccs3)[nH]c12. The molecule has 7 nitrogen and oxygen atoms in total. The highest BCUT2D eigenvalue weighted by Gasteiger charge is 2.59. The molecule has 8 heteroatoms. The molecular weight excluding hydrogens is 486 g/mol. The van der Waals surface area contributed by atoms with Crippen LogP contribution >= 0.6 is 11.3 Å². The molecule has 0 aliphatic heterocycles. The summed E-state index contributed by atoms with van der Waals surface area (Å²) in [6.45, 7) is 5.75. The zero-order valence-electron chi connectivity index (χ0n) is 22.0. The first kappa shape index (κ1) is 24.5. The zero-order chi connectivity index (χ0) is 26.0. The van der Waals surface area contributed by atoms with Crippen molar-refractivity contribution in [3.8, 4) is 16.5 Å². The number of carbonyl (C=O) groups excluding carboxylic acids is 2. The number of H-pyrrole nitrogens is 1. The number of methoxy groups -OCH3 is 1. The van der Waals surface area contributed by atoms with Crippen LogP contribution in [0.5, 0.6) is 5.75 Å². The lowest BCUT2D eigenvalue weighted by Crippen LogP contribution is -2.63. The second kappa shape index (κ2) is 8.58. The molecule has 4 saturated carbocycles. The van der Waals surface area contributed by atoms with E-state index in [4.69, 9.17) is 14.5 Å². The van der Waals surface area contributed by atoms with Gasteiger partial charge in [-0.2, -0.15) is 0 Å². The third-order valence-electron chi connectivity index (χ3n) is 8.33. The molecule has 4 aliphatic carbocycles. The fourth-order valence-electron chi connectivity index (χ4n) is 7.75. The van der Waals surface area contributed by atoms with Crippen molar-refractivity contribution in [3.63, 3.8) is 0 Å². The van der Waals surface area contributed by atoms with Crippen LogP contribution in [0.2, 0.25) is 0 Å². The molecule has 2 N–H and O–H groups in total. The first-order chi connectivity index (χ1) is 17.6. The molecule has 0 radical (unpaired) electrons. The Morgan fingerprint density at radius 3 is 2.57 bits per heavy atom. The van der Waals surface area contributed by atoms with Gasteiger partial charge in [-0.15, -0.1) is 11.3 Å². The maximum absolute atomic E-state index is 13.9. The Hall–Kier alpha value is -2.87. The fourth-order valence-corrected chi connectivity index (χ4v) is 8.42. The van der Waals surface area contributed by atoms with Crippen LogP contribution < -0.4 is 10.1 Å². The number of amides is 1. The van der Waals surface area contributed by atoms with Crippen molar-refractivity contribution in [1.29, 1.82) is 0 Å². The quantitative estimate of drug-likeness (QED) is 0.382. The molecule has 2 aromatic heterocycles. The average molecular weight is 522 g/mol. The average Bonchev–Trinajstić information content (AvgIpc) is 3.45. The number of aromatic amines is 1. The zero-order valence-corrected chi connectivity index (χ0v) is 22.8. The summed E-state index contributed by atoms with van der Waals surface area (Å²) in [6, 6.07) is 7.64. The molecular formula is C29H35N3O4S. The van der Waals surface area contributed by atoms with Gasteiger partial charge in [0.25, 0.3) is 5.91 Å². The van der Waals surface area contributed by atoms with Crippen LogP contribution in [0.1, 0.15) is 76.1 Å². The van der Waals surface area contributed by atoms with Gasteiger partial charge in [-0.3, -0.25) is 9.59 Å². The third-order valence-corrected chi connectivity index (χ3v) is 9.20. The molecule has 3 aromatic rings. The lowest BCUT2D eigenvalue weighted by molar-refractivity contribution is -0.164. The highest BCUT2D eigenvalue weighted by Crippen LogP contribution is 2.63. The van der Waals surface area contributed by atoms with Crippen molar-refractivity contribution in [2.45, 2.75) is 76.9 Å². The summed E-state index contributed by atoms with van der Waals surface area (Å²) in [5, 5.41) is 5.49. The van der Waals surface area contributed by atoms with Crippen molar-refractivity contribution in [3.05, 3.63) is 35.2 Å². The highest BCUT2D eigenvalue weighted by atomic mass is 32.1. The summed E-state index contributed by atoms with van der Waals surface area (Å²) in [6.07, 6.45) is 6.53. The van der Waals surface area contributed by atoms with Crippen LogP contribution in [-0.2, 0) is 9.53 Å². The number of hydrogen-bond acceptors (Lipinski definition) is 6. The second-order valence-electron chi connectivity index (χ2n) is 12.6. The van der Waals surface area contributed by atoms with E-state index in [-0.39, 0.29) is 22.8 Å². The van der Waals surface area contributed by atoms with E-state index in [0.717, 1.165) is 48.3 Å². The summed E-state index contributed by atoms with van der Waals surface area (Å²) in [4.78, 5) is 35.9. The minimum atomic E-state index is -0.490. The number of thiophene rings is 1. The molecule has 4 aliphatic rings. The van der Waals surface area contributed by atoms with Crippen LogP contribution in [0, 0.1) is 17.3 Å². The minimum absolute atomic E-state index is 0.0897. The Labute approximate surface area is 221 Å². The Balaban J connectivity index is 1.29. The number of aromatic nitrogens is 2. The summed E-state index contributed by atoms with van der Waals surface area (Å²) >= 11 is 1.60. The van der Waals surface area contributed by atoms with Crippen molar-refractivity contribution in [1.82, 2.24) is 15.3 Å². The predicted molar refractivity (Wildman–Crippen MR) is 144 cm³/mol. The van der Waals surface area contributed by atoms with E-state index >= 15 is 0 Å². The number of hydrogen-bond donors (Lipinski definition) is 2. The molecule has 1 aromatic carbocycles. The normalized spacial score (nSPS) is 28.4. The monoisotopic (exact) mass is 521 g/mol. The first-order valence-corrected chi connectivity index (χ1v) is 14.1. The van der Waals surface area contributed by atoms with Gasteiger partial charge < -0.3 is 19.8 Å². The van der Waals surface area contributed by atoms with Gasteiger partial charge in [0.1, 0.15) is 28.2 Å². The number of nitrogens with one attached hydrogen (secondary N) is 2. The molecule has 2 heterocycles. The standard InChI is InChI=1S/C29H35N3O4S/c1-27(2,3)36-22(33)15-28-11-17-10-18(12-28)14-29(13-17,16-28)32-26(34)19-7-8-20(35-4)24-23(19)30-25(31-24)21-6-5-9-37-21/h5-9,17-18H,10-16H2,1-4H3,(H,30,31)(H,32,34). The van der Waals surface area contributed by atoms with Crippen molar-refractivity contribution >= 4 is 34.2 Å². The summed E-state index contributed by atoms with van der Waals surface area (Å²) in [5.74, 6) is 2.24. The Morgan fingerprint density at radius 1 is 1.16 bits per heavy atom. The van der Waals surface area contributed by atoms with E-state index in [1.54, 1.807) is 18.4 Å². The van der Waals surface area contributed by atoms with Gasteiger partial charge in [0.05, 0.1) is 24.0 Å². The van der Waals surface area contributed by atoms with Crippen LogP contribution in [0.4, 0.5) is 0 Å². The van der Waals surface area contributed by atoms with E-state index in [0.29, 0.717) is 35.1 Å². The minimum Gasteiger partial charge on any atom is -0.494 e. The van der Waals surface area contributed by atoms with Crippen LogP contribution in [-0.4, -0.2) is 40.1 Å². The van der Waals surface area contributed by atoms with E-state index in [9.17, 15) is 9.59 Å². The number of fused-ring (bicyclic) bond motifs is 1. The number of ether oxygens (including phenoxy) is 2. The third kappa shape index (κ3) is 4.54. The fraction of sp³-hybridized carbons (Fsp3) is 0.552. The number of benzene rings is 1. The number of esters is 1. The van der Waals surface area contributed by atoms with Crippen LogP contribution in [0.3, 0.4) is 0 Å². The number of imidazole rings is 1. The van der Waals surface area contributed by atoms with Crippen molar-refractivity contribution < 1.29 is 19.1 Å². The van der Waals surface area contributed by atoms with Crippen LogP contribution in [0.15, 0.2) is 29.6 Å². The van der Waals surface area contributed by atoms with E-state index in [1.165, 1.54) is 6.42 Å². The number of nitrogens with zero attached hydrogens (tertiary/aromatic N) is 1. The van der Waals surface area contributed by atoms with E-state index in [2.05, 4.69) is 10.3 Å². The van der Waals surface area contributed by atoms with Gasteiger partial charge in [-0.25, -0.2) is 4.98 Å². The molecule has 4 fully saturated rings. The van der Waals surface area contributed by atoms with Crippen molar-refractivity contribution in [2.75, 3.05) is 7.11 Å². The summed E-state index contributed by atoms with van der Waals surface area (Å²) < 4.78 is 11.3. The molecule has 4 bridgehead atoms. The Morgan fingerprint density at radius 2 is 1.92 bits per heavy atom. The van der Waals surface area contributed by atoms with Gasteiger partial charge in [0.2, 0.25) is 0 Å². The molecule has 2 atom stereocenters. The molecule has 0 spiro atoms. The topological polar surface area (TPSA) is 93.3 Å². The largest absolute Gasteiger partial charge is 0.494 e. The van der Waals surface area contributed by atoms with E-state index < -0.39 is 5.60 Å². The van der Waals surface area contributed by atoms with Gasteiger partial charge in [0, 0.05) is 5.54 Å². The van der Waals surface area contributed by atoms with Gasteiger partial charge in [0.15, 0.2) is 0 Å². The smallest absolute Gasteiger partial charge is 0.306 e. The Kier molecular flexibility index (Phi) is 5.67. The van der Waals surface area contributed by atoms with E-state index in [1.807, 2.05) is 50.4 Å². The lowest BCUT2D eigenvalue weighted by atomic mass is 9.46. The van der Waals surface area contributed by atoms with Gasteiger partial charge >= 0.3 is 5.97 Å². The summed E-state index contributed by atoms with van der Waals surface area (Å²) in [5.41, 5.74) is 1.03. The molecule has 0 saturated heterocycles. The number of carbonyl (C=O) groups is 2. The van der Waals surface area contributed by atoms with Crippen molar-refractivity contribution in [2.24, 2.45) is 17.3 Å². The Bertz CT molecular complexity index is 1340. The molecule has 7 rings (SSSR count). The summed E-state index contributed by atoms with van der Waals surface area (Å²) in [7, 11) is 1.62. The van der Waals surface area contributed by atoms with Gasteiger partial charge in [-0.1, -0.05) is 6.07 Å². The molecule has 196 valence electrons. The predicted octanol–water partition coefficient (Wildman–Crippen LogP) is 6.10. The molecule has 37 heavy (non-hydrogen) atoms. The number of rotatable bonds is 6. The van der Waals surface area contributed by atoms with Crippen LogP contribution in [0.25, 0.3) is 21.7 Å². The maximum Gasteiger partial charge on any atom is 0.306 e. The lowest BCUT2D eigenvalue weighted by Gasteiger charge is -2.62. The first-order valence-electron chi connectivity index (χ1n) is 13.2. The molecule has 1 amide bonds. The van der Waals surface area contributed by atoms with Gasteiger partial charge in [-0.05, 0) is 100 Å². The highest BCUT2D eigenvalue weighted by molar-refractivity contribution is 7.13. The second-order valence-corrected chi connectivity index (χ2v) is 13.5.